The van der Waals surface area contributed by atoms with Crippen molar-refractivity contribution in [3.8, 4) is 23.0 Å². The van der Waals surface area contributed by atoms with E-state index in [0.29, 0.717) is 44.5 Å². The molecule has 0 atom stereocenters. The number of ether oxygens (including phenoxy) is 4. The first-order chi connectivity index (χ1) is 17.9. The van der Waals surface area contributed by atoms with Gasteiger partial charge >= 0.3 is 0 Å². The topological polar surface area (TPSA) is 74.3 Å². The van der Waals surface area contributed by atoms with Crippen molar-refractivity contribution in [1.82, 2.24) is 4.90 Å². The second-order valence-electron chi connectivity index (χ2n) is 7.78. The highest BCUT2D eigenvalue weighted by atomic mass is 79.9. The molecule has 0 saturated carbocycles. The zero-order chi connectivity index (χ0) is 26.4. The Hall–Kier alpha value is -2.95. The largest absolute Gasteiger partial charge is 0.493 e. The zero-order valence-corrected chi connectivity index (χ0v) is 24.0. The molecule has 192 valence electrons. The van der Waals surface area contributed by atoms with Crippen molar-refractivity contribution in [3.63, 3.8) is 0 Å². The number of benzene rings is 3. The summed E-state index contributed by atoms with van der Waals surface area (Å²) < 4.78 is 24.2. The van der Waals surface area contributed by atoms with E-state index < -0.39 is 0 Å². The van der Waals surface area contributed by atoms with Gasteiger partial charge in [-0.2, -0.15) is 0 Å². The molecule has 1 heterocycles. The standard InChI is InChI=1S/C27H23Br2NO6S/c1-33-21-5-3-4-6-22(21)35-12-11-30-26(31)24(37-27(30)32)15-18-13-20(29)25(23(14-18)34-2)36-16-17-7-9-19(28)10-8-17/h3-10,13-15H,11-12,16H2,1-2H3/b24-15-. The third kappa shape index (κ3) is 6.68. The first-order valence-electron chi connectivity index (χ1n) is 11.2. The Balaban J connectivity index is 1.43. The van der Waals surface area contributed by atoms with Crippen LogP contribution in [0.4, 0.5) is 4.79 Å². The quantitative estimate of drug-likeness (QED) is 0.221. The van der Waals surface area contributed by atoms with Gasteiger partial charge in [-0.15, -0.1) is 0 Å². The Bertz CT molecular complexity index is 1330. The van der Waals surface area contributed by atoms with E-state index in [2.05, 4.69) is 31.9 Å². The first-order valence-corrected chi connectivity index (χ1v) is 13.6. The van der Waals surface area contributed by atoms with Crippen LogP contribution in [0.3, 0.4) is 0 Å². The molecular weight excluding hydrogens is 626 g/mol. The Morgan fingerprint density at radius 1 is 0.892 bits per heavy atom. The average Bonchev–Trinajstić information content (AvgIpc) is 3.16. The number of thioether (sulfide) groups is 1. The molecule has 0 spiro atoms. The third-order valence-electron chi connectivity index (χ3n) is 5.36. The predicted octanol–water partition coefficient (Wildman–Crippen LogP) is 6.92. The van der Waals surface area contributed by atoms with Gasteiger partial charge in [-0.1, -0.05) is 40.2 Å². The summed E-state index contributed by atoms with van der Waals surface area (Å²) in [5.74, 6) is 1.81. The molecule has 3 aromatic rings. The van der Waals surface area contributed by atoms with Crippen LogP contribution in [-0.2, 0) is 11.4 Å². The zero-order valence-electron chi connectivity index (χ0n) is 20.0. The summed E-state index contributed by atoms with van der Waals surface area (Å²) in [6.45, 7) is 0.628. The van der Waals surface area contributed by atoms with Crippen LogP contribution in [0.2, 0.25) is 0 Å². The highest BCUT2D eigenvalue weighted by Gasteiger charge is 2.35. The van der Waals surface area contributed by atoms with Gasteiger partial charge < -0.3 is 18.9 Å². The summed E-state index contributed by atoms with van der Waals surface area (Å²) in [6, 6.07) is 18.6. The SMILES string of the molecule is COc1ccccc1OCCN1C(=O)S/C(=C\c2cc(Br)c(OCc3ccc(Br)cc3)c(OC)c2)C1=O. The van der Waals surface area contributed by atoms with Crippen molar-refractivity contribution in [2.24, 2.45) is 0 Å². The number of amides is 2. The van der Waals surface area contributed by atoms with Crippen molar-refractivity contribution < 1.29 is 28.5 Å². The number of methoxy groups -OCH3 is 2. The summed E-state index contributed by atoms with van der Waals surface area (Å²) in [5, 5.41) is -0.347. The molecule has 1 saturated heterocycles. The average molecular weight is 649 g/mol. The predicted molar refractivity (Wildman–Crippen MR) is 150 cm³/mol. The maximum absolute atomic E-state index is 12.9. The molecule has 1 aliphatic heterocycles. The molecule has 2 amide bonds. The molecule has 7 nitrogen and oxygen atoms in total. The first kappa shape index (κ1) is 27.1. The number of rotatable bonds is 10. The summed E-state index contributed by atoms with van der Waals surface area (Å²) in [6.07, 6.45) is 1.66. The molecule has 10 heteroatoms. The number of halogens is 2. The maximum atomic E-state index is 12.9. The lowest BCUT2D eigenvalue weighted by Crippen LogP contribution is -2.32. The van der Waals surface area contributed by atoms with Gasteiger partial charge in [0.2, 0.25) is 0 Å². The van der Waals surface area contributed by atoms with Crippen LogP contribution in [0.5, 0.6) is 23.0 Å². The summed E-state index contributed by atoms with van der Waals surface area (Å²) in [5.41, 5.74) is 1.69. The minimum Gasteiger partial charge on any atom is -0.493 e. The highest BCUT2D eigenvalue weighted by molar-refractivity contribution is 9.10. The number of carbonyl (C=O) groups excluding carboxylic acids is 2. The van der Waals surface area contributed by atoms with E-state index in [9.17, 15) is 9.59 Å². The van der Waals surface area contributed by atoms with Gasteiger partial charge in [0.05, 0.1) is 30.1 Å². The third-order valence-corrected chi connectivity index (χ3v) is 7.39. The molecule has 1 fully saturated rings. The molecule has 37 heavy (non-hydrogen) atoms. The van der Waals surface area contributed by atoms with Crippen LogP contribution in [0.15, 0.2) is 74.5 Å². The van der Waals surface area contributed by atoms with E-state index >= 15 is 0 Å². The Labute approximate surface area is 236 Å². The van der Waals surface area contributed by atoms with Gasteiger partial charge in [-0.05, 0) is 81.3 Å². The highest BCUT2D eigenvalue weighted by Crippen LogP contribution is 2.39. The van der Waals surface area contributed by atoms with Crippen LogP contribution in [-0.4, -0.2) is 43.4 Å². The molecule has 4 rings (SSSR count). The van der Waals surface area contributed by atoms with Crippen molar-refractivity contribution in [1.29, 1.82) is 0 Å². The van der Waals surface area contributed by atoms with E-state index in [4.69, 9.17) is 18.9 Å². The lowest BCUT2D eigenvalue weighted by atomic mass is 10.1. The minimum atomic E-state index is -0.371. The molecular formula is C27H23Br2NO6S. The van der Waals surface area contributed by atoms with E-state index in [1.807, 2.05) is 42.5 Å². The Morgan fingerprint density at radius 2 is 1.59 bits per heavy atom. The van der Waals surface area contributed by atoms with Gasteiger partial charge in [0.25, 0.3) is 11.1 Å². The van der Waals surface area contributed by atoms with Crippen molar-refractivity contribution in [3.05, 3.63) is 85.6 Å². The van der Waals surface area contributed by atoms with Crippen LogP contribution in [0.25, 0.3) is 6.08 Å². The van der Waals surface area contributed by atoms with Gasteiger partial charge in [0.1, 0.15) is 13.2 Å². The van der Waals surface area contributed by atoms with E-state index in [-0.39, 0.29) is 24.3 Å². The smallest absolute Gasteiger partial charge is 0.293 e. The van der Waals surface area contributed by atoms with Crippen LogP contribution >= 0.6 is 43.6 Å². The fourth-order valence-corrected chi connectivity index (χ4v) is 5.23. The summed E-state index contributed by atoms with van der Waals surface area (Å²) in [4.78, 5) is 27.0. The molecule has 0 bridgehead atoms. The summed E-state index contributed by atoms with van der Waals surface area (Å²) >= 11 is 7.86. The van der Waals surface area contributed by atoms with Crippen LogP contribution in [0.1, 0.15) is 11.1 Å². The monoisotopic (exact) mass is 647 g/mol. The van der Waals surface area contributed by atoms with Crippen LogP contribution < -0.4 is 18.9 Å². The number of carbonyl (C=O) groups is 2. The lowest BCUT2D eigenvalue weighted by molar-refractivity contribution is -0.123. The molecule has 0 unspecified atom stereocenters. The normalized spacial score (nSPS) is 14.3. The minimum absolute atomic E-state index is 0.121. The molecule has 0 N–H and O–H groups in total. The maximum Gasteiger partial charge on any atom is 0.293 e. The van der Waals surface area contributed by atoms with Crippen LogP contribution in [0, 0.1) is 0 Å². The molecule has 0 aromatic heterocycles. The molecule has 1 aliphatic rings. The lowest BCUT2D eigenvalue weighted by Gasteiger charge is -2.15. The molecule has 0 radical (unpaired) electrons. The van der Waals surface area contributed by atoms with E-state index in [0.717, 1.165) is 21.8 Å². The number of hydrogen-bond acceptors (Lipinski definition) is 7. The fraction of sp³-hybridized carbons (Fsp3) is 0.185. The van der Waals surface area contributed by atoms with Gasteiger partial charge in [0, 0.05) is 4.47 Å². The number of hydrogen-bond donors (Lipinski definition) is 0. The number of imide groups is 1. The van der Waals surface area contributed by atoms with Gasteiger partial charge in [-0.3, -0.25) is 14.5 Å². The Morgan fingerprint density at radius 3 is 2.30 bits per heavy atom. The van der Waals surface area contributed by atoms with E-state index in [1.54, 1.807) is 38.5 Å². The fourth-order valence-electron chi connectivity index (χ4n) is 3.53. The van der Waals surface area contributed by atoms with E-state index in [1.165, 1.54) is 4.90 Å². The van der Waals surface area contributed by atoms with Crippen molar-refractivity contribution >= 4 is 60.8 Å². The Kier molecular flexibility index (Phi) is 9.18. The van der Waals surface area contributed by atoms with Gasteiger partial charge in [0.15, 0.2) is 23.0 Å². The van der Waals surface area contributed by atoms with Crippen molar-refractivity contribution in [2.45, 2.75) is 6.61 Å². The molecule has 3 aromatic carbocycles. The second-order valence-corrected chi connectivity index (χ2v) is 10.5. The number of para-hydroxylation sites is 2. The molecule has 0 aliphatic carbocycles. The van der Waals surface area contributed by atoms with Gasteiger partial charge in [-0.25, -0.2) is 0 Å². The summed E-state index contributed by atoms with van der Waals surface area (Å²) in [7, 11) is 3.10. The number of nitrogens with zero attached hydrogens (tertiary/aromatic N) is 1. The second kappa shape index (κ2) is 12.5. The van der Waals surface area contributed by atoms with Crippen molar-refractivity contribution in [2.75, 3.05) is 27.4 Å².